The Bertz CT molecular complexity index is 1060. The highest BCUT2D eigenvalue weighted by molar-refractivity contribution is 5.93. The molecule has 0 aliphatic carbocycles. The topological polar surface area (TPSA) is 78.8 Å². The van der Waals surface area contributed by atoms with Crippen molar-refractivity contribution in [3.63, 3.8) is 0 Å². The standard InChI is InChI=1S/C25H34N6O/c1-17-9-11-20(12-10-17)23(31-13-7-5-6-8-14-31)16-26-25(32)22-15-21(27-28-22)24-18(2)29-30(4)19(24)3/h9-12,15,23H,5-8,13-14,16H2,1-4H3,(H,26,32)(H,27,28). The third-order valence-corrected chi connectivity index (χ3v) is 6.59. The summed E-state index contributed by atoms with van der Waals surface area (Å²) in [5, 5.41) is 14.9. The van der Waals surface area contributed by atoms with E-state index in [0.29, 0.717) is 12.2 Å². The summed E-state index contributed by atoms with van der Waals surface area (Å²) in [4.78, 5) is 15.5. The predicted molar refractivity (Wildman–Crippen MR) is 127 cm³/mol. The number of nitrogens with one attached hydrogen (secondary N) is 2. The molecule has 4 rings (SSSR count). The van der Waals surface area contributed by atoms with Crippen LogP contribution in [0.4, 0.5) is 0 Å². The highest BCUT2D eigenvalue weighted by Crippen LogP contribution is 2.26. The van der Waals surface area contributed by atoms with Crippen molar-refractivity contribution in [3.05, 3.63) is 58.5 Å². The van der Waals surface area contributed by atoms with Gasteiger partial charge in [0.05, 0.1) is 17.4 Å². The Hall–Kier alpha value is -2.93. The molecule has 170 valence electrons. The highest BCUT2D eigenvalue weighted by Gasteiger charge is 2.23. The average Bonchev–Trinajstić information content (AvgIpc) is 3.23. The van der Waals surface area contributed by atoms with Gasteiger partial charge in [0.15, 0.2) is 0 Å². The van der Waals surface area contributed by atoms with Crippen molar-refractivity contribution in [2.75, 3.05) is 19.6 Å². The largest absolute Gasteiger partial charge is 0.349 e. The van der Waals surface area contributed by atoms with Gasteiger partial charge >= 0.3 is 0 Å². The lowest BCUT2D eigenvalue weighted by Gasteiger charge is -2.31. The fourth-order valence-electron chi connectivity index (χ4n) is 4.65. The van der Waals surface area contributed by atoms with Crippen LogP contribution in [0.3, 0.4) is 0 Å². The van der Waals surface area contributed by atoms with Gasteiger partial charge in [-0.3, -0.25) is 19.5 Å². The van der Waals surface area contributed by atoms with Crippen LogP contribution in [0.15, 0.2) is 30.3 Å². The summed E-state index contributed by atoms with van der Waals surface area (Å²) in [7, 11) is 1.92. The molecule has 7 heteroatoms. The number of rotatable bonds is 6. The van der Waals surface area contributed by atoms with Crippen LogP contribution in [-0.4, -0.2) is 50.4 Å². The Morgan fingerprint density at radius 2 is 1.78 bits per heavy atom. The molecule has 2 aromatic heterocycles. The van der Waals surface area contributed by atoms with E-state index in [1.54, 1.807) is 0 Å². The molecular formula is C25H34N6O. The number of amides is 1. The summed E-state index contributed by atoms with van der Waals surface area (Å²) in [5.74, 6) is -0.130. The number of benzene rings is 1. The van der Waals surface area contributed by atoms with E-state index in [1.165, 1.54) is 36.8 Å². The lowest BCUT2D eigenvalue weighted by Crippen LogP contribution is -2.38. The minimum atomic E-state index is -0.130. The fraction of sp³-hybridized carbons (Fsp3) is 0.480. The number of aromatic nitrogens is 4. The smallest absolute Gasteiger partial charge is 0.269 e. The van der Waals surface area contributed by atoms with Crippen molar-refractivity contribution in [3.8, 4) is 11.3 Å². The quantitative estimate of drug-likeness (QED) is 0.613. The molecule has 1 amide bonds. The van der Waals surface area contributed by atoms with Crippen molar-refractivity contribution in [2.24, 2.45) is 7.05 Å². The first-order valence-corrected chi connectivity index (χ1v) is 11.6. The maximum Gasteiger partial charge on any atom is 0.269 e. The molecule has 0 bridgehead atoms. The Balaban J connectivity index is 1.50. The van der Waals surface area contributed by atoms with Crippen molar-refractivity contribution in [1.29, 1.82) is 0 Å². The van der Waals surface area contributed by atoms with Crippen LogP contribution in [0.2, 0.25) is 0 Å². The summed E-state index contributed by atoms with van der Waals surface area (Å²) in [6, 6.07) is 10.7. The van der Waals surface area contributed by atoms with Crippen LogP contribution in [0.1, 0.15) is 64.7 Å². The number of hydrogen-bond acceptors (Lipinski definition) is 4. The molecule has 1 saturated heterocycles. The van der Waals surface area contributed by atoms with Crippen molar-refractivity contribution < 1.29 is 4.79 Å². The number of carbonyl (C=O) groups is 1. The van der Waals surface area contributed by atoms with Gasteiger partial charge in [-0.2, -0.15) is 10.2 Å². The SMILES string of the molecule is Cc1ccc(C(CNC(=O)c2cc(-c3c(C)nn(C)c3C)n[nH]2)N2CCCCCC2)cc1. The minimum absolute atomic E-state index is 0.130. The Morgan fingerprint density at radius 1 is 1.09 bits per heavy atom. The first-order valence-electron chi connectivity index (χ1n) is 11.6. The summed E-state index contributed by atoms with van der Waals surface area (Å²) < 4.78 is 1.84. The molecule has 1 atom stereocenters. The molecule has 2 N–H and O–H groups in total. The van der Waals surface area contributed by atoms with Gasteiger partial charge < -0.3 is 5.32 Å². The van der Waals surface area contributed by atoms with Gasteiger partial charge in [0.1, 0.15) is 5.69 Å². The van der Waals surface area contributed by atoms with E-state index < -0.39 is 0 Å². The number of aryl methyl sites for hydroxylation is 3. The number of likely N-dealkylation sites (tertiary alicyclic amines) is 1. The Labute approximate surface area is 190 Å². The highest BCUT2D eigenvalue weighted by atomic mass is 16.1. The van der Waals surface area contributed by atoms with Crippen molar-refractivity contribution >= 4 is 5.91 Å². The van der Waals surface area contributed by atoms with Crippen LogP contribution in [0, 0.1) is 20.8 Å². The first-order chi connectivity index (χ1) is 15.4. The molecule has 7 nitrogen and oxygen atoms in total. The average molecular weight is 435 g/mol. The van der Waals surface area contributed by atoms with Crippen LogP contribution in [0.25, 0.3) is 11.3 Å². The molecule has 0 saturated carbocycles. The van der Waals surface area contributed by atoms with E-state index >= 15 is 0 Å². The number of carbonyl (C=O) groups excluding carboxylic acids is 1. The zero-order valence-corrected chi connectivity index (χ0v) is 19.6. The minimum Gasteiger partial charge on any atom is -0.349 e. The van der Waals surface area contributed by atoms with E-state index in [2.05, 4.69) is 56.7 Å². The fourth-order valence-corrected chi connectivity index (χ4v) is 4.65. The zero-order valence-electron chi connectivity index (χ0n) is 19.6. The summed E-state index contributed by atoms with van der Waals surface area (Å²) >= 11 is 0. The van der Waals surface area contributed by atoms with Crippen molar-refractivity contribution in [1.82, 2.24) is 30.2 Å². The van der Waals surface area contributed by atoms with Gasteiger partial charge in [-0.05, 0) is 58.3 Å². The van der Waals surface area contributed by atoms with Gasteiger partial charge in [-0.15, -0.1) is 0 Å². The van der Waals surface area contributed by atoms with Gasteiger partial charge in [-0.1, -0.05) is 42.7 Å². The molecule has 1 unspecified atom stereocenters. The second kappa shape index (κ2) is 9.69. The van der Waals surface area contributed by atoms with Crippen LogP contribution < -0.4 is 5.32 Å². The molecular weight excluding hydrogens is 400 g/mol. The lowest BCUT2D eigenvalue weighted by molar-refractivity contribution is 0.0928. The van der Waals surface area contributed by atoms with Crippen LogP contribution >= 0.6 is 0 Å². The second-order valence-electron chi connectivity index (χ2n) is 8.92. The van der Waals surface area contributed by atoms with Gasteiger partial charge in [0.2, 0.25) is 0 Å². The summed E-state index contributed by atoms with van der Waals surface area (Å²) in [6.07, 6.45) is 5.00. The molecule has 3 heterocycles. The molecule has 1 aliphatic rings. The molecule has 1 aliphatic heterocycles. The normalized spacial score (nSPS) is 16.0. The second-order valence-corrected chi connectivity index (χ2v) is 8.92. The predicted octanol–water partition coefficient (Wildman–Crippen LogP) is 4.08. The van der Waals surface area contributed by atoms with Gasteiger partial charge in [0, 0.05) is 24.8 Å². The molecule has 3 aromatic rings. The monoisotopic (exact) mass is 434 g/mol. The number of nitrogens with zero attached hydrogens (tertiary/aromatic N) is 4. The maximum atomic E-state index is 13.0. The van der Waals surface area contributed by atoms with Gasteiger partial charge in [-0.25, -0.2) is 0 Å². The van der Waals surface area contributed by atoms with Gasteiger partial charge in [0.25, 0.3) is 5.91 Å². The van der Waals surface area contributed by atoms with Crippen LogP contribution in [-0.2, 0) is 7.05 Å². The number of H-pyrrole nitrogens is 1. The first kappa shape index (κ1) is 22.3. The van der Waals surface area contributed by atoms with E-state index in [9.17, 15) is 4.79 Å². The summed E-state index contributed by atoms with van der Waals surface area (Å²) in [6.45, 7) is 8.79. The molecule has 0 spiro atoms. The van der Waals surface area contributed by atoms with E-state index in [1.807, 2.05) is 31.6 Å². The van der Waals surface area contributed by atoms with E-state index in [-0.39, 0.29) is 11.9 Å². The Kier molecular flexibility index (Phi) is 6.74. The third kappa shape index (κ3) is 4.78. The molecule has 0 radical (unpaired) electrons. The number of aromatic amines is 1. The lowest BCUT2D eigenvalue weighted by atomic mass is 10.0. The maximum absolute atomic E-state index is 13.0. The van der Waals surface area contributed by atoms with Crippen LogP contribution in [0.5, 0.6) is 0 Å². The summed E-state index contributed by atoms with van der Waals surface area (Å²) in [5.41, 5.74) is 6.64. The molecule has 1 fully saturated rings. The van der Waals surface area contributed by atoms with Crippen molar-refractivity contribution in [2.45, 2.75) is 52.5 Å². The van der Waals surface area contributed by atoms with E-state index in [0.717, 1.165) is 35.7 Å². The molecule has 32 heavy (non-hydrogen) atoms. The third-order valence-electron chi connectivity index (χ3n) is 6.59. The Morgan fingerprint density at radius 3 is 2.41 bits per heavy atom. The number of hydrogen-bond donors (Lipinski definition) is 2. The molecule has 1 aromatic carbocycles. The van der Waals surface area contributed by atoms with E-state index in [4.69, 9.17) is 0 Å². The zero-order chi connectivity index (χ0) is 22.7.